The standard InChI is InChI=1S/C15H14IN3.CH5I2P.Y/c1-18(2)13-6-3-11(4-7-13)14-10-19-9-12(16)5-8-15(19)17-14;1-3(2)4;/h3-10H,1-2H3;4H2,1H3;/i16-2;2-2;. The molecule has 0 saturated heterocycles. The molecule has 8 heteroatoms. The molecule has 24 heavy (non-hydrogen) atoms. The molecule has 2 aromatic heterocycles. The quantitative estimate of drug-likeness (QED) is 0.184. The van der Waals surface area contributed by atoms with Gasteiger partial charge in [0.25, 0.3) is 0 Å². The topological polar surface area (TPSA) is 20.5 Å². The maximum absolute atomic E-state index is 4.64. The third-order valence-electron chi connectivity index (χ3n) is 3.09. The number of anilines is 1. The number of pyridine rings is 1. The second-order valence-electron chi connectivity index (χ2n) is 5.12. The van der Waals surface area contributed by atoms with Crippen LogP contribution in [0.15, 0.2) is 48.8 Å². The van der Waals surface area contributed by atoms with Crippen LogP contribution in [0.3, 0.4) is 0 Å². The van der Waals surface area contributed by atoms with Gasteiger partial charge >= 0.3 is 45.7 Å². The minimum atomic E-state index is -0.377. The van der Waals surface area contributed by atoms with Crippen LogP contribution in [0.25, 0.3) is 16.9 Å². The summed E-state index contributed by atoms with van der Waals surface area (Å²) >= 11 is 4.40. The van der Waals surface area contributed by atoms with Crippen LogP contribution in [0, 0.1) is 3.57 Å². The number of nitrogens with zero attached hydrogens (tertiary/aromatic N) is 3. The van der Waals surface area contributed by atoms with E-state index in [-0.39, 0.29) is 48.0 Å². The molecule has 0 aliphatic rings. The van der Waals surface area contributed by atoms with Crippen molar-refractivity contribution in [2.75, 3.05) is 23.9 Å². The maximum Gasteiger partial charge on any atom is 0.137 e. The monoisotopic (exact) mass is 750 g/mol. The molecule has 127 valence electrons. The van der Waals surface area contributed by atoms with Gasteiger partial charge in [0, 0.05) is 74.0 Å². The number of hydrogen-bond donors (Lipinski definition) is 0. The molecule has 1 radical (unpaired) electrons. The van der Waals surface area contributed by atoms with E-state index in [1.54, 1.807) is 0 Å². The first-order valence-electron chi connectivity index (χ1n) is 6.79. The Labute approximate surface area is 201 Å². The molecule has 2 heterocycles. The third-order valence-corrected chi connectivity index (χ3v) is 3.73. The Hall–Kier alpha value is 1.43. The van der Waals surface area contributed by atoms with Crippen molar-refractivity contribution in [3.8, 4) is 11.3 Å². The van der Waals surface area contributed by atoms with E-state index in [9.17, 15) is 0 Å². The van der Waals surface area contributed by atoms with Crippen LogP contribution in [-0.4, -0.2) is 28.4 Å². The number of fused-ring (bicyclic) bond motifs is 1. The molecule has 0 fully saturated rings. The van der Waals surface area contributed by atoms with Crippen LogP contribution < -0.4 is 4.90 Å². The Balaban J connectivity index is 0.000000522. The smallest absolute Gasteiger partial charge is 0.137 e. The van der Waals surface area contributed by atoms with Gasteiger partial charge in [0.15, 0.2) is 0 Å². The Morgan fingerprint density at radius 2 is 1.67 bits per heavy atom. The summed E-state index contributed by atoms with van der Waals surface area (Å²) in [5.41, 5.74) is 4.32. The van der Waals surface area contributed by atoms with E-state index in [0.717, 1.165) is 16.9 Å². The van der Waals surface area contributed by atoms with Crippen molar-refractivity contribution in [2.45, 2.75) is 0 Å². The summed E-state index contributed by atoms with van der Waals surface area (Å²) in [5.74, 6) is 0. The largest absolute Gasteiger partial charge is 0.378 e. The van der Waals surface area contributed by atoms with Gasteiger partial charge in [0.2, 0.25) is 0 Å². The molecule has 3 aromatic rings. The zero-order valence-corrected chi connectivity index (χ0v) is 24.2. The minimum Gasteiger partial charge on any atom is -0.378 e. The van der Waals surface area contributed by atoms with Crippen molar-refractivity contribution < 1.29 is 32.7 Å². The van der Waals surface area contributed by atoms with Crippen molar-refractivity contribution in [3.63, 3.8) is 0 Å². The fourth-order valence-electron chi connectivity index (χ4n) is 2.03. The molecule has 1 unspecified atom stereocenters. The van der Waals surface area contributed by atoms with Gasteiger partial charge in [0.05, 0.1) is 5.69 Å². The van der Waals surface area contributed by atoms with Crippen molar-refractivity contribution in [2.24, 2.45) is 0 Å². The van der Waals surface area contributed by atoms with Gasteiger partial charge in [-0.2, -0.15) is 0 Å². The fraction of sp³-hybridized carbons (Fsp3) is 0.188. The van der Waals surface area contributed by atoms with Gasteiger partial charge in [-0.15, -0.1) is 0 Å². The maximum atomic E-state index is 4.64. The van der Waals surface area contributed by atoms with E-state index >= 15 is 0 Å². The van der Waals surface area contributed by atoms with Gasteiger partial charge in [-0.3, -0.25) is 0 Å². The molecule has 0 bridgehead atoms. The zero-order chi connectivity index (χ0) is 17.0. The van der Waals surface area contributed by atoms with Crippen LogP contribution in [-0.2, 0) is 32.7 Å². The van der Waals surface area contributed by atoms with E-state index in [2.05, 4.69) is 110 Å². The molecule has 0 spiro atoms. The summed E-state index contributed by atoms with van der Waals surface area (Å²) in [6.45, 7) is 2.80. The number of rotatable bonds is 2. The van der Waals surface area contributed by atoms with Crippen LogP contribution >= 0.6 is 63.4 Å². The second kappa shape index (κ2) is 11.3. The van der Waals surface area contributed by atoms with Crippen molar-refractivity contribution in [1.82, 2.24) is 9.38 Å². The normalized spacial score (nSPS) is 10.5. The van der Waals surface area contributed by atoms with E-state index in [1.807, 2.05) is 20.2 Å². The number of benzene rings is 1. The minimum absolute atomic E-state index is 0. The van der Waals surface area contributed by atoms with Crippen LogP contribution in [0.1, 0.15) is 0 Å². The molecule has 0 aliphatic heterocycles. The number of aromatic nitrogens is 2. The molecule has 3 rings (SSSR count). The van der Waals surface area contributed by atoms with E-state index in [0.29, 0.717) is 0 Å². The Morgan fingerprint density at radius 1 is 1.08 bits per heavy atom. The summed E-state index contributed by atoms with van der Waals surface area (Å²) in [7, 11) is 4.09. The number of alkyl halides is 1. The summed E-state index contributed by atoms with van der Waals surface area (Å²) in [4.78, 5) is 9.01. The fourth-order valence-corrected chi connectivity index (χ4v) is 2.51. The van der Waals surface area contributed by atoms with Gasteiger partial charge in [-0.25, -0.2) is 4.98 Å². The first kappa shape index (κ1) is 23.5. The van der Waals surface area contributed by atoms with E-state index < -0.39 is 0 Å². The number of imidazole rings is 1. The molecule has 1 aromatic carbocycles. The predicted molar refractivity (Wildman–Crippen MR) is 131 cm³/mol. The Kier molecular flexibility index (Phi) is 11.1. The van der Waals surface area contributed by atoms with Crippen LogP contribution in [0.5, 0.6) is 0 Å². The van der Waals surface area contributed by atoms with Crippen molar-refractivity contribution in [3.05, 3.63) is 52.4 Å². The zero-order valence-electron chi connectivity index (χ0n) is 13.7. The van der Waals surface area contributed by atoms with Gasteiger partial charge in [-0.1, -0.05) is 12.1 Å². The summed E-state index contributed by atoms with van der Waals surface area (Å²) in [6.07, 6.45) is 4.16. The molecule has 0 saturated carbocycles. The molecule has 3 nitrogen and oxygen atoms in total. The average molecular weight is 750 g/mol. The Morgan fingerprint density at radius 3 is 2.21 bits per heavy atom. The number of halogens is 3. The molecule has 0 amide bonds. The average Bonchev–Trinajstić information content (AvgIpc) is 2.89. The summed E-state index contributed by atoms with van der Waals surface area (Å²) in [6, 6.07) is 12.6. The molecule has 0 N–H and O–H groups in total. The van der Waals surface area contributed by atoms with E-state index in [4.69, 9.17) is 0 Å². The number of hydrogen-bond acceptors (Lipinski definition) is 2. The summed E-state index contributed by atoms with van der Waals surface area (Å²) < 4.78 is 3.27. The molecular weight excluding hydrogens is 731 g/mol. The molecule has 0 aliphatic carbocycles. The van der Waals surface area contributed by atoms with Crippen LogP contribution in [0.4, 0.5) is 5.69 Å². The third kappa shape index (κ3) is 7.21. The predicted octanol–water partition coefficient (Wildman–Crippen LogP) is 5.93. The Bertz CT molecular complexity index is 773. The second-order valence-corrected chi connectivity index (χ2v) is 27.9. The molecular formula is C16H19I3N3PY. The van der Waals surface area contributed by atoms with Crippen molar-refractivity contribution >= 4 is 74.7 Å². The summed E-state index contributed by atoms with van der Waals surface area (Å²) in [5, 5.41) is 0. The molecule has 1 atom stereocenters. The van der Waals surface area contributed by atoms with Gasteiger partial charge in [0.1, 0.15) is 5.65 Å². The first-order valence-corrected chi connectivity index (χ1v) is 20.5. The van der Waals surface area contributed by atoms with E-state index in [1.165, 1.54) is 9.26 Å². The van der Waals surface area contributed by atoms with Gasteiger partial charge in [-0.05, 0) is 46.9 Å². The van der Waals surface area contributed by atoms with Crippen LogP contribution in [0.2, 0.25) is 0 Å². The first-order chi connectivity index (χ1) is 10.9. The van der Waals surface area contributed by atoms with Crippen molar-refractivity contribution in [1.29, 1.82) is 0 Å². The van der Waals surface area contributed by atoms with Gasteiger partial charge < -0.3 is 9.30 Å². The SMILES string of the molecule is CI(P)[125I].CN(C)c1ccc(-c2cn3cc([125I])ccc3n2)cc1.[Y].